The van der Waals surface area contributed by atoms with Gasteiger partial charge in [0.25, 0.3) is 0 Å². The van der Waals surface area contributed by atoms with Gasteiger partial charge in [-0.15, -0.1) is 0 Å². The van der Waals surface area contributed by atoms with Gasteiger partial charge in [-0.3, -0.25) is 0 Å². The number of rotatable bonds is 8. The molecule has 0 radical (unpaired) electrons. The minimum Gasteiger partial charge on any atom is -0.495 e. The van der Waals surface area contributed by atoms with E-state index in [-0.39, 0.29) is 20.6 Å². The molecule has 0 fully saturated rings. The summed E-state index contributed by atoms with van der Waals surface area (Å²) in [6.07, 6.45) is 3.28. The third kappa shape index (κ3) is 4.19. The molecule has 26 heavy (non-hydrogen) atoms. The average Bonchev–Trinajstić information content (AvgIpc) is 2.62. The molecule has 0 spiro atoms. The number of nitrogens with zero attached hydrogens (tertiary/aromatic N) is 3. The van der Waals surface area contributed by atoms with Gasteiger partial charge in [0.15, 0.2) is 0 Å². The van der Waals surface area contributed by atoms with E-state index < -0.39 is 9.84 Å². The van der Waals surface area contributed by atoms with Crippen LogP contribution in [0.2, 0.25) is 5.02 Å². The van der Waals surface area contributed by atoms with Gasteiger partial charge < -0.3 is 15.4 Å². The normalized spacial score (nSPS) is 11.4. The molecule has 1 heterocycles. The van der Waals surface area contributed by atoms with Crippen molar-refractivity contribution in [3.8, 4) is 5.75 Å². The van der Waals surface area contributed by atoms with Crippen molar-refractivity contribution in [2.45, 2.75) is 36.5 Å². The minimum atomic E-state index is -3.89. The smallest absolute Gasteiger partial charge is 0.227 e. The Morgan fingerprint density at radius 2 is 2.04 bits per heavy atom. The number of sulfone groups is 1. The summed E-state index contributed by atoms with van der Waals surface area (Å²) in [5.41, 5.74) is 5.95. The molecule has 0 amide bonds. The number of anilines is 2. The van der Waals surface area contributed by atoms with Crippen LogP contribution in [-0.4, -0.2) is 38.6 Å². The largest absolute Gasteiger partial charge is 0.495 e. The number of nitrogens with two attached hydrogens (primary N) is 1. The molecule has 0 unspecified atom stereocenters. The first kappa shape index (κ1) is 20.3. The third-order valence-electron chi connectivity index (χ3n) is 3.94. The van der Waals surface area contributed by atoms with Crippen LogP contribution in [0, 0.1) is 0 Å². The molecule has 0 atom stereocenters. The summed E-state index contributed by atoms with van der Waals surface area (Å²) in [6, 6.07) is 4.22. The molecule has 0 aliphatic rings. The van der Waals surface area contributed by atoms with Crippen LogP contribution in [0.4, 0.5) is 11.8 Å². The second-order valence-electron chi connectivity index (χ2n) is 5.65. The monoisotopic (exact) mass is 398 g/mol. The number of nitrogen functional groups attached to an aromatic ring is 1. The highest BCUT2D eigenvalue weighted by atomic mass is 35.5. The molecule has 0 bridgehead atoms. The topological polar surface area (TPSA) is 98.4 Å². The van der Waals surface area contributed by atoms with Crippen LogP contribution in [0.5, 0.6) is 5.75 Å². The molecule has 1 aromatic carbocycles. The number of halogens is 1. The van der Waals surface area contributed by atoms with Gasteiger partial charge in [0, 0.05) is 13.1 Å². The fourth-order valence-electron chi connectivity index (χ4n) is 2.42. The number of ether oxygens (including phenoxy) is 1. The number of benzene rings is 1. The van der Waals surface area contributed by atoms with Crippen LogP contribution in [0.3, 0.4) is 0 Å². The lowest BCUT2D eigenvalue weighted by Gasteiger charge is -2.21. The van der Waals surface area contributed by atoms with Crippen LogP contribution < -0.4 is 15.4 Å². The molecule has 0 aliphatic heterocycles. The van der Waals surface area contributed by atoms with Crippen molar-refractivity contribution >= 4 is 33.2 Å². The van der Waals surface area contributed by atoms with Crippen molar-refractivity contribution < 1.29 is 13.2 Å². The number of aromatic nitrogens is 2. The van der Waals surface area contributed by atoms with E-state index in [1.54, 1.807) is 0 Å². The van der Waals surface area contributed by atoms with E-state index in [2.05, 4.69) is 16.9 Å². The lowest BCUT2D eigenvalue weighted by atomic mass is 10.3. The summed E-state index contributed by atoms with van der Waals surface area (Å²) in [4.78, 5) is 10.2. The van der Waals surface area contributed by atoms with Crippen LogP contribution >= 0.6 is 11.6 Å². The predicted octanol–water partition coefficient (Wildman–Crippen LogP) is 3.18. The first-order chi connectivity index (χ1) is 12.3. The molecule has 0 aliphatic carbocycles. The van der Waals surface area contributed by atoms with Gasteiger partial charge in [-0.2, -0.15) is 4.98 Å². The maximum atomic E-state index is 12.9. The maximum Gasteiger partial charge on any atom is 0.227 e. The molecule has 2 rings (SSSR count). The van der Waals surface area contributed by atoms with Crippen LogP contribution in [-0.2, 0) is 9.84 Å². The fourth-order valence-corrected chi connectivity index (χ4v) is 4.03. The van der Waals surface area contributed by atoms with Gasteiger partial charge in [-0.25, -0.2) is 13.4 Å². The molecule has 7 nitrogen and oxygen atoms in total. The summed E-state index contributed by atoms with van der Waals surface area (Å²) in [5.74, 6) is 0.724. The zero-order valence-electron chi connectivity index (χ0n) is 15.1. The summed E-state index contributed by atoms with van der Waals surface area (Å²) < 4.78 is 30.8. The Balaban J connectivity index is 2.40. The Bertz CT molecular complexity index is 874. The van der Waals surface area contributed by atoms with E-state index in [9.17, 15) is 8.42 Å². The van der Waals surface area contributed by atoms with Gasteiger partial charge in [0.1, 0.15) is 16.5 Å². The predicted molar refractivity (Wildman–Crippen MR) is 103 cm³/mol. The van der Waals surface area contributed by atoms with E-state index in [1.807, 2.05) is 11.8 Å². The number of hydrogen-bond donors (Lipinski definition) is 1. The first-order valence-corrected chi connectivity index (χ1v) is 10.2. The van der Waals surface area contributed by atoms with Crippen molar-refractivity contribution in [3.63, 3.8) is 0 Å². The molecule has 1 aromatic heterocycles. The summed E-state index contributed by atoms with van der Waals surface area (Å²) >= 11 is 6.04. The number of hydrogen-bond acceptors (Lipinski definition) is 7. The van der Waals surface area contributed by atoms with Crippen molar-refractivity contribution in [3.05, 3.63) is 29.4 Å². The number of methoxy groups -OCH3 is 1. The SMILES string of the molecule is CCCCN(CC)c1ncc(S(=O)(=O)c2ccc(OC)c(Cl)c2)c(N)n1. The highest BCUT2D eigenvalue weighted by molar-refractivity contribution is 7.91. The molecule has 2 aromatic rings. The molecule has 0 saturated carbocycles. The van der Waals surface area contributed by atoms with Crippen LogP contribution in [0.25, 0.3) is 0 Å². The van der Waals surface area contributed by atoms with Crippen molar-refractivity contribution in [1.82, 2.24) is 9.97 Å². The molecular weight excluding hydrogens is 376 g/mol. The highest BCUT2D eigenvalue weighted by Gasteiger charge is 2.24. The highest BCUT2D eigenvalue weighted by Crippen LogP contribution is 2.31. The molecule has 9 heteroatoms. The summed E-state index contributed by atoms with van der Waals surface area (Å²) in [7, 11) is -2.44. The second kappa shape index (κ2) is 8.55. The van der Waals surface area contributed by atoms with Crippen LogP contribution in [0.15, 0.2) is 34.2 Å². The summed E-state index contributed by atoms with van der Waals surface area (Å²) in [5, 5.41) is 0.196. The molecular formula is C17H23ClN4O3S. The Morgan fingerprint density at radius 1 is 1.31 bits per heavy atom. The van der Waals surface area contributed by atoms with Gasteiger partial charge in [-0.1, -0.05) is 24.9 Å². The van der Waals surface area contributed by atoms with E-state index in [0.717, 1.165) is 19.4 Å². The zero-order valence-corrected chi connectivity index (χ0v) is 16.6. The van der Waals surface area contributed by atoms with Crippen molar-refractivity contribution in [2.24, 2.45) is 0 Å². The Morgan fingerprint density at radius 3 is 2.58 bits per heavy atom. The first-order valence-electron chi connectivity index (χ1n) is 8.31. The van der Waals surface area contributed by atoms with Gasteiger partial charge in [0.05, 0.1) is 23.2 Å². The van der Waals surface area contributed by atoms with Crippen LogP contribution in [0.1, 0.15) is 26.7 Å². The second-order valence-corrected chi connectivity index (χ2v) is 7.98. The molecule has 0 saturated heterocycles. The third-order valence-corrected chi connectivity index (χ3v) is 6.00. The Kier molecular flexibility index (Phi) is 6.66. The van der Waals surface area contributed by atoms with Crippen molar-refractivity contribution in [2.75, 3.05) is 30.8 Å². The van der Waals surface area contributed by atoms with E-state index >= 15 is 0 Å². The van der Waals surface area contributed by atoms with Crippen molar-refractivity contribution in [1.29, 1.82) is 0 Å². The number of unbranched alkanes of at least 4 members (excludes halogenated alkanes) is 1. The van der Waals surface area contributed by atoms with E-state index in [1.165, 1.54) is 31.5 Å². The van der Waals surface area contributed by atoms with E-state index in [0.29, 0.717) is 18.2 Å². The lowest BCUT2D eigenvalue weighted by Crippen LogP contribution is -2.26. The quantitative estimate of drug-likeness (QED) is 0.728. The fraction of sp³-hybridized carbons (Fsp3) is 0.412. The average molecular weight is 399 g/mol. The molecule has 2 N–H and O–H groups in total. The zero-order chi connectivity index (χ0) is 19.3. The van der Waals surface area contributed by atoms with Gasteiger partial charge in [-0.05, 0) is 31.5 Å². The maximum absolute atomic E-state index is 12.9. The minimum absolute atomic E-state index is 0.00433. The van der Waals surface area contributed by atoms with Gasteiger partial charge in [0.2, 0.25) is 15.8 Å². The Labute approximate surface area is 159 Å². The van der Waals surface area contributed by atoms with Gasteiger partial charge >= 0.3 is 0 Å². The summed E-state index contributed by atoms with van der Waals surface area (Å²) in [6.45, 7) is 5.57. The lowest BCUT2D eigenvalue weighted by molar-refractivity contribution is 0.414. The standard InChI is InChI=1S/C17H23ClN4O3S/c1-4-6-9-22(5-2)17-20-11-15(16(19)21-17)26(23,24)12-7-8-14(25-3)13(18)10-12/h7-8,10-11H,4-6,9H2,1-3H3,(H2,19,20,21). The van der Waals surface area contributed by atoms with E-state index in [4.69, 9.17) is 22.1 Å². The Hall–Kier alpha value is -2.06. The molecule has 142 valence electrons.